The Kier molecular flexibility index (Phi) is 5.44. The lowest BCUT2D eigenvalue weighted by Gasteiger charge is -2.26. The van der Waals surface area contributed by atoms with Crippen molar-refractivity contribution in [1.82, 2.24) is 5.32 Å². The lowest BCUT2D eigenvalue weighted by molar-refractivity contribution is -0.431. The van der Waals surface area contributed by atoms with E-state index in [-0.39, 0.29) is 17.9 Å². The Labute approximate surface area is 162 Å². The number of benzene rings is 2. The van der Waals surface area contributed by atoms with Gasteiger partial charge in [0.05, 0.1) is 16.2 Å². The number of dihydropyridines is 1. The molecule has 2 aromatic carbocycles. The van der Waals surface area contributed by atoms with Crippen LogP contribution in [0, 0.1) is 10.1 Å². The van der Waals surface area contributed by atoms with Crippen LogP contribution in [0.2, 0.25) is 0 Å². The number of rotatable bonds is 6. The third kappa shape index (κ3) is 3.73. The van der Waals surface area contributed by atoms with Gasteiger partial charge < -0.3 is 15.2 Å². The van der Waals surface area contributed by atoms with Gasteiger partial charge >= 0.3 is 5.97 Å². The molecule has 0 aromatic heterocycles. The zero-order chi connectivity index (χ0) is 20.3. The summed E-state index contributed by atoms with van der Waals surface area (Å²) < 4.78 is 5.92. The zero-order valence-electron chi connectivity index (χ0n) is 15.5. The molecule has 28 heavy (non-hydrogen) atoms. The van der Waals surface area contributed by atoms with Crippen molar-refractivity contribution < 1.29 is 19.6 Å². The van der Waals surface area contributed by atoms with E-state index < -0.39 is 16.8 Å². The standard InChI is InChI=1S/C21H20N2O5/c1-13-18(21(24)25)19(20(23(26)27)14(2)22-13)16-10-6-7-11-17(16)28-12-15-8-4-3-5-9-15/h3-11,19,22H,12H2,1-2H3,(H,24,25). The van der Waals surface area contributed by atoms with Gasteiger partial charge in [0.2, 0.25) is 0 Å². The number of para-hydroxylation sites is 1. The molecule has 3 rings (SSSR count). The van der Waals surface area contributed by atoms with Gasteiger partial charge in [-0.05, 0) is 25.5 Å². The van der Waals surface area contributed by atoms with E-state index in [2.05, 4.69) is 5.32 Å². The maximum Gasteiger partial charge on any atom is 0.334 e. The molecule has 0 saturated carbocycles. The Bertz CT molecular complexity index is 943. The number of ether oxygens (including phenoxy) is 1. The van der Waals surface area contributed by atoms with Crippen molar-refractivity contribution in [2.45, 2.75) is 26.4 Å². The maximum atomic E-state index is 11.9. The molecule has 0 radical (unpaired) electrons. The Morgan fingerprint density at radius 2 is 1.75 bits per heavy atom. The molecule has 7 nitrogen and oxygen atoms in total. The fourth-order valence-corrected chi connectivity index (χ4v) is 3.40. The normalized spacial score (nSPS) is 16.6. The van der Waals surface area contributed by atoms with Crippen molar-refractivity contribution >= 4 is 5.97 Å². The van der Waals surface area contributed by atoms with Crippen molar-refractivity contribution in [3.05, 3.63) is 98.5 Å². The molecule has 1 aliphatic rings. The first kappa shape index (κ1) is 19.2. The smallest absolute Gasteiger partial charge is 0.334 e. The molecule has 2 aromatic rings. The summed E-state index contributed by atoms with van der Waals surface area (Å²) in [5, 5.41) is 24.3. The van der Waals surface area contributed by atoms with Gasteiger partial charge in [0.1, 0.15) is 18.3 Å². The van der Waals surface area contributed by atoms with Gasteiger partial charge in [0.25, 0.3) is 5.70 Å². The first-order chi connectivity index (χ1) is 13.4. The summed E-state index contributed by atoms with van der Waals surface area (Å²) in [6, 6.07) is 16.3. The fourth-order valence-electron chi connectivity index (χ4n) is 3.40. The summed E-state index contributed by atoms with van der Waals surface area (Å²) in [4.78, 5) is 23.2. The van der Waals surface area contributed by atoms with E-state index in [4.69, 9.17) is 4.74 Å². The molecular formula is C21H20N2O5. The fraction of sp³-hybridized carbons (Fsp3) is 0.190. The minimum absolute atomic E-state index is 0.0620. The number of carboxylic acids is 1. The monoisotopic (exact) mass is 380 g/mol. The highest BCUT2D eigenvalue weighted by Gasteiger charge is 2.41. The molecule has 1 heterocycles. The number of allylic oxidation sites excluding steroid dienone is 3. The van der Waals surface area contributed by atoms with Crippen LogP contribution in [-0.2, 0) is 11.4 Å². The predicted octanol–water partition coefficient (Wildman–Crippen LogP) is 3.82. The third-order valence-electron chi connectivity index (χ3n) is 4.62. The van der Waals surface area contributed by atoms with Crippen molar-refractivity contribution in [2.24, 2.45) is 0 Å². The topological polar surface area (TPSA) is 102 Å². The van der Waals surface area contributed by atoms with Crippen molar-refractivity contribution in [2.75, 3.05) is 0 Å². The molecule has 1 atom stereocenters. The highest BCUT2D eigenvalue weighted by atomic mass is 16.6. The van der Waals surface area contributed by atoms with Gasteiger partial charge in [0.15, 0.2) is 0 Å². The van der Waals surface area contributed by atoms with E-state index in [1.165, 1.54) is 0 Å². The van der Waals surface area contributed by atoms with E-state index in [0.29, 0.717) is 22.7 Å². The predicted molar refractivity (Wildman–Crippen MR) is 103 cm³/mol. The van der Waals surface area contributed by atoms with Crippen molar-refractivity contribution in [3.63, 3.8) is 0 Å². The molecular weight excluding hydrogens is 360 g/mol. The number of carbonyl (C=O) groups is 1. The van der Waals surface area contributed by atoms with Crippen LogP contribution < -0.4 is 10.1 Å². The van der Waals surface area contributed by atoms with Gasteiger partial charge in [-0.3, -0.25) is 10.1 Å². The second-order valence-corrected chi connectivity index (χ2v) is 6.48. The number of nitro groups is 1. The Hall–Kier alpha value is -3.61. The summed E-state index contributed by atoms with van der Waals surface area (Å²) in [5.74, 6) is -1.84. The van der Waals surface area contributed by atoms with E-state index in [1.807, 2.05) is 30.3 Å². The second-order valence-electron chi connectivity index (χ2n) is 6.48. The lowest BCUT2D eigenvalue weighted by atomic mass is 9.83. The van der Waals surface area contributed by atoms with E-state index >= 15 is 0 Å². The first-order valence-corrected chi connectivity index (χ1v) is 8.72. The number of carboxylic acid groups (broad SMARTS) is 1. The Morgan fingerprint density at radius 1 is 1.11 bits per heavy atom. The van der Waals surface area contributed by atoms with Crippen molar-refractivity contribution in [1.29, 1.82) is 0 Å². The van der Waals surface area contributed by atoms with Gasteiger partial charge in [-0.1, -0.05) is 48.5 Å². The van der Waals surface area contributed by atoms with E-state index in [0.717, 1.165) is 5.56 Å². The molecule has 7 heteroatoms. The van der Waals surface area contributed by atoms with Crippen molar-refractivity contribution in [3.8, 4) is 5.75 Å². The van der Waals surface area contributed by atoms with Crippen LogP contribution in [0.15, 0.2) is 77.3 Å². The average Bonchev–Trinajstić information content (AvgIpc) is 2.66. The highest BCUT2D eigenvalue weighted by molar-refractivity contribution is 5.91. The Balaban J connectivity index is 2.07. The van der Waals surface area contributed by atoms with E-state index in [1.54, 1.807) is 38.1 Å². The molecule has 0 saturated heterocycles. The third-order valence-corrected chi connectivity index (χ3v) is 4.62. The maximum absolute atomic E-state index is 11.9. The molecule has 144 valence electrons. The number of hydrogen-bond donors (Lipinski definition) is 2. The van der Waals surface area contributed by atoms with E-state index in [9.17, 15) is 20.0 Å². The Morgan fingerprint density at radius 3 is 2.39 bits per heavy atom. The summed E-state index contributed by atoms with van der Waals surface area (Å²) in [5.41, 5.74) is 1.82. The molecule has 0 bridgehead atoms. The molecule has 2 N–H and O–H groups in total. The van der Waals surface area contributed by atoms with Gasteiger partial charge in [0, 0.05) is 11.3 Å². The SMILES string of the molecule is CC1=C(C(=O)O)C(c2ccccc2OCc2ccccc2)C([N+](=O)[O-])=C(C)N1. The molecule has 1 unspecified atom stereocenters. The second kappa shape index (κ2) is 7.96. The molecule has 1 aliphatic heterocycles. The lowest BCUT2D eigenvalue weighted by Crippen LogP contribution is -2.31. The summed E-state index contributed by atoms with van der Waals surface area (Å²) in [6.45, 7) is 3.44. The molecule has 0 aliphatic carbocycles. The van der Waals surface area contributed by atoms with Crippen LogP contribution in [0.5, 0.6) is 5.75 Å². The van der Waals surface area contributed by atoms with Crippen LogP contribution in [0.3, 0.4) is 0 Å². The number of nitrogens with one attached hydrogen (secondary N) is 1. The molecule has 0 fully saturated rings. The summed E-state index contributed by atoms with van der Waals surface area (Å²) >= 11 is 0. The van der Waals surface area contributed by atoms with Gasteiger partial charge in [-0.25, -0.2) is 4.79 Å². The largest absolute Gasteiger partial charge is 0.489 e. The number of nitrogens with zero attached hydrogens (tertiary/aromatic N) is 1. The molecule has 0 spiro atoms. The zero-order valence-corrected chi connectivity index (χ0v) is 15.5. The van der Waals surface area contributed by atoms with Crippen LogP contribution in [0.4, 0.5) is 0 Å². The number of aliphatic carboxylic acids is 1. The minimum atomic E-state index is -1.21. The quantitative estimate of drug-likeness (QED) is 0.583. The highest BCUT2D eigenvalue weighted by Crippen LogP contribution is 2.42. The average molecular weight is 380 g/mol. The van der Waals surface area contributed by atoms with Gasteiger partial charge in [-0.2, -0.15) is 0 Å². The van der Waals surface area contributed by atoms with Crippen LogP contribution in [0.1, 0.15) is 30.9 Å². The van der Waals surface area contributed by atoms with Crippen LogP contribution >= 0.6 is 0 Å². The first-order valence-electron chi connectivity index (χ1n) is 8.72. The summed E-state index contributed by atoms with van der Waals surface area (Å²) in [7, 11) is 0. The molecule has 0 amide bonds. The number of hydrogen-bond acceptors (Lipinski definition) is 5. The van der Waals surface area contributed by atoms with Crippen LogP contribution in [0.25, 0.3) is 0 Å². The van der Waals surface area contributed by atoms with Crippen LogP contribution in [-0.4, -0.2) is 16.0 Å². The summed E-state index contributed by atoms with van der Waals surface area (Å²) in [6.07, 6.45) is 0. The minimum Gasteiger partial charge on any atom is -0.489 e. The van der Waals surface area contributed by atoms with Gasteiger partial charge in [-0.15, -0.1) is 0 Å².